The SMILES string of the molecule is CC(CCS)CCN1CCC(N2CCCCC2)C1. The molecule has 0 aromatic rings. The number of hydrogen-bond acceptors (Lipinski definition) is 3. The van der Waals surface area contributed by atoms with Crippen molar-refractivity contribution in [3.05, 3.63) is 0 Å². The second kappa shape index (κ2) is 7.76. The van der Waals surface area contributed by atoms with E-state index in [0.717, 1.165) is 17.7 Å². The summed E-state index contributed by atoms with van der Waals surface area (Å²) in [5, 5.41) is 0. The molecule has 0 aromatic carbocycles. The maximum absolute atomic E-state index is 4.33. The topological polar surface area (TPSA) is 6.48 Å². The molecule has 0 aliphatic carbocycles. The highest BCUT2D eigenvalue weighted by atomic mass is 32.1. The molecule has 2 aliphatic rings. The predicted octanol–water partition coefficient (Wildman–Crippen LogP) is 2.89. The lowest BCUT2D eigenvalue weighted by atomic mass is 10.1. The minimum Gasteiger partial charge on any atom is -0.302 e. The molecule has 2 saturated heterocycles. The Morgan fingerprint density at radius 2 is 1.89 bits per heavy atom. The van der Waals surface area contributed by atoms with E-state index in [1.165, 1.54) is 71.2 Å². The molecular weight excluding hydrogens is 240 g/mol. The molecule has 0 amide bonds. The second-order valence-corrected chi connectivity index (χ2v) is 6.69. The van der Waals surface area contributed by atoms with Crippen LogP contribution in [0.3, 0.4) is 0 Å². The van der Waals surface area contributed by atoms with Crippen LogP contribution in [0.4, 0.5) is 0 Å². The van der Waals surface area contributed by atoms with Gasteiger partial charge in [0, 0.05) is 12.6 Å². The molecule has 0 bridgehead atoms. The molecule has 2 unspecified atom stereocenters. The molecule has 0 radical (unpaired) electrons. The van der Waals surface area contributed by atoms with Gasteiger partial charge in [-0.15, -0.1) is 0 Å². The number of nitrogens with zero attached hydrogens (tertiary/aromatic N) is 2. The van der Waals surface area contributed by atoms with Gasteiger partial charge in [-0.2, -0.15) is 12.6 Å². The Balaban J connectivity index is 1.64. The summed E-state index contributed by atoms with van der Waals surface area (Å²) in [7, 11) is 0. The van der Waals surface area contributed by atoms with Gasteiger partial charge in [-0.1, -0.05) is 13.3 Å². The summed E-state index contributed by atoms with van der Waals surface area (Å²) in [6.07, 6.45) is 8.33. The summed E-state index contributed by atoms with van der Waals surface area (Å²) in [6.45, 7) is 9.04. The first-order chi connectivity index (χ1) is 8.79. The third-order valence-electron chi connectivity index (χ3n) is 4.71. The molecule has 106 valence electrons. The van der Waals surface area contributed by atoms with Crippen molar-refractivity contribution in [2.75, 3.05) is 38.5 Å². The predicted molar refractivity (Wildman–Crippen MR) is 82.5 cm³/mol. The minimum atomic E-state index is 0.844. The molecule has 0 N–H and O–H groups in total. The van der Waals surface area contributed by atoms with Crippen molar-refractivity contribution < 1.29 is 0 Å². The van der Waals surface area contributed by atoms with Crippen LogP contribution in [0, 0.1) is 5.92 Å². The molecule has 2 nitrogen and oxygen atoms in total. The largest absolute Gasteiger partial charge is 0.302 e. The Kier molecular flexibility index (Phi) is 6.33. The first-order valence-electron chi connectivity index (χ1n) is 7.87. The Morgan fingerprint density at radius 1 is 1.11 bits per heavy atom. The van der Waals surface area contributed by atoms with Gasteiger partial charge in [0.05, 0.1) is 0 Å². The van der Waals surface area contributed by atoms with E-state index >= 15 is 0 Å². The monoisotopic (exact) mass is 270 g/mol. The summed E-state index contributed by atoms with van der Waals surface area (Å²) in [4.78, 5) is 5.44. The smallest absolute Gasteiger partial charge is 0.0235 e. The highest BCUT2D eigenvalue weighted by Crippen LogP contribution is 2.21. The van der Waals surface area contributed by atoms with Crippen LogP contribution in [0.1, 0.15) is 45.4 Å². The fraction of sp³-hybridized carbons (Fsp3) is 1.00. The normalized spacial score (nSPS) is 28.7. The molecule has 18 heavy (non-hydrogen) atoms. The molecule has 2 fully saturated rings. The van der Waals surface area contributed by atoms with E-state index in [9.17, 15) is 0 Å². The van der Waals surface area contributed by atoms with Crippen LogP contribution in [0.15, 0.2) is 0 Å². The molecule has 2 heterocycles. The highest BCUT2D eigenvalue weighted by molar-refractivity contribution is 7.80. The van der Waals surface area contributed by atoms with Crippen LogP contribution in [-0.2, 0) is 0 Å². The summed E-state index contributed by atoms with van der Waals surface area (Å²) >= 11 is 4.33. The van der Waals surface area contributed by atoms with Crippen LogP contribution < -0.4 is 0 Å². The van der Waals surface area contributed by atoms with E-state index in [1.807, 2.05) is 0 Å². The van der Waals surface area contributed by atoms with E-state index in [0.29, 0.717) is 0 Å². The quantitative estimate of drug-likeness (QED) is 0.742. The number of likely N-dealkylation sites (tertiary alicyclic amines) is 2. The van der Waals surface area contributed by atoms with Gasteiger partial charge in [0.2, 0.25) is 0 Å². The van der Waals surface area contributed by atoms with Crippen LogP contribution in [0.25, 0.3) is 0 Å². The van der Waals surface area contributed by atoms with Gasteiger partial charge >= 0.3 is 0 Å². The van der Waals surface area contributed by atoms with Crippen LogP contribution >= 0.6 is 12.6 Å². The third kappa shape index (κ3) is 4.43. The first-order valence-corrected chi connectivity index (χ1v) is 8.50. The summed E-state index contributed by atoms with van der Waals surface area (Å²) in [6, 6.07) is 0.866. The van der Waals surface area contributed by atoms with Crippen LogP contribution in [0.5, 0.6) is 0 Å². The molecule has 0 spiro atoms. The first kappa shape index (κ1) is 14.7. The van der Waals surface area contributed by atoms with Crippen LogP contribution in [0.2, 0.25) is 0 Å². The van der Waals surface area contributed by atoms with Gasteiger partial charge in [0.1, 0.15) is 0 Å². The molecule has 2 aliphatic heterocycles. The molecular formula is C15H30N2S. The lowest BCUT2D eigenvalue weighted by Gasteiger charge is -2.32. The Hall–Kier alpha value is 0.270. The standard InChI is InChI=1S/C15H30N2S/c1-14(7-12-18)5-10-16-11-6-15(13-16)17-8-3-2-4-9-17/h14-15,18H,2-13H2,1H3. The average molecular weight is 270 g/mol. The van der Waals surface area contributed by atoms with Crippen molar-refractivity contribution in [2.24, 2.45) is 5.92 Å². The number of hydrogen-bond donors (Lipinski definition) is 1. The summed E-state index contributed by atoms with van der Waals surface area (Å²) in [5.41, 5.74) is 0. The number of piperidine rings is 1. The van der Waals surface area contributed by atoms with Crippen molar-refractivity contribution in [3.8, 4) is 0 Å². The lowest BCUT2D eigenvalue weighted by molar-refractivity contribution is 0.161. The van der Waals surface area contributed by atoms with E-state index in [1.54, 1.807) is 0 Å². The van der Waals surface area contributed by atoms with Gasteiger partial charge in [0.25, 0.3) is 0 Å². The molecule has 0 aromatic heterocycles. The minimum absolute atomic E-state index is 0.844. The third-order valence-corrected chi connectivity index (χ3v) is 4.97. The highest BCUT2D eigenvalue weighted by Gasteiger charge is 2.28. The second-order valence-electron chi connectivity index (χ2n) is 6.25. The summed E-state index contributed by atoms with van der Waals surface area (Å²) < 4.78 is 0. The van der Waals surface area contributed by atoms with Crippen molar-refractivity contribution in [1.29, 1.82) is 0 Å². The Labute approximate surface area is 119 Å². The Morgan fingerprint density at radius 3 is 2.61 bits per heavy atom. The van der Waals surface area contributed by atoms with E-state index in [4.69, 9.17) is 0 Å². The zero-order chi connectivity index (χ0) is 12.8. The molecule has 2 atom stereocenters. The van der Waals surface area contributed by atoms with Crippen molar-refractivity contribution in [3.63, 3.8) is 0 Å². The maximum Gasteiger partial charge on any atom is 0.0235 e. The van der Waals surface area contributed by atoms with E-state index in [2.05, 4.69) is 29.4 Å². The van der Waals surface area contributed by atoms with Crippen molar-refractivity contribution in [1.82, 2.24) is 9.80 Å². The van der Waals surface area contributed by atoms with Crippen LogP contribution in [-0.4, -0.2) is 54.3 Å². The van der Waals surface area contributed by atoms with Gasteiger partial charge in [-0.25, -0.2) is 0 Å². The number of thiol groups is 1. The van der Waals surface area contributed by atoms with E-state index in [-0.39, 0.29) is 0 Å². The fourth-order valence-corrected chi connectivity index (χ4v) is 3.81. The van der Waals surface area contributed by atoms with Gasteiger partial charge in [-0.3, -0.25) is 4.90 Å². The van der Waals surface area contributed by atoms with Crippen molar-refractivity contribution in [2.45, 2.75) is 51.5 Å². The average Bonchev–Trinajstić information content (AvgIpc) is 2.87. The van der Waals surface area contributed by atoms with E-state index < -0.39 is 0 Å². The molecule has 3 heteroatoms. The fourth-order valence-electron chi connectivity index (χ4n) is 3.36. The maximum atomic E-state index is 4.33. The van der Waals surface area contributed by atoms with Gasteiger partial charge < -0.3 is 4.90 Å². The zero-order valence-corrected chi connectivity index (χ0v) is 12.9. The lowest BCUT2D eigenvalue weighted by Crippen LogP contribution is -2.41. The van der Waals surface area contributed by atoms with Gasteiger partial charge in [0.15, 0.2) is 0 Å². The summed E-state index contributed by atoms with van der Waals surface area (Å²) in [5.74, 6) is 1.88. The van der Waals surface area contributed by atoms with Crippen molar-refractivity contribution >= 4 is 12.6 Å². The molecule has 2 rings (SSSR count). The zero-order valence-electron chi connectivity index (χ0n) is 12.0. The molecule has 0 saturated carbocycles. The Bertz CT molecular complexity index is 229. The number of rotatable bonds is 6. The van der Waals surface area contributed by atoms with Gasteiger partial charge in [-0.05, 0) is 70.0 Å².